The zero-order valence-electron chi connectivity index (χ0n) is 18.0. The quantitative estimate of drug-likeness (QED) is 0.268. The summed E-state index contributed by atoms with van der Waals surface area (Å²) in [6, 6.07) is 18.4. The SMILES string of the molecule is CN=C(NCc1ccc(OCc2ccccc2)cc1)NCC1(CCOC)CCC1.I. The van der Waals surface area contributed by atoms with E-state index in [1.54, 1.807) is 7.11 Å². The van der Waals surface area contributed by atoms with Gasteiger partial charge in [-0.15, -0.1) is 24.0 Å². The highest BCUT2D eigenvalue weighted by atomic mass is 127. The Morgan fingerprint density at radius 3 is 2.33 bits per heavy atom. The van der Waals surface area contributed by atoms with Gasteiger partial charge in [-0.3, -0.25) is 4.99 Å². The minimum Gasteiger partial charge on any atom is -0.489 e. The minimum absolute atomic E-state index is 0. The number of ether oxygens (including phenoxy) is 2. The highest BCUT2D eigenvalue weighted by Crippen LogP contribution is 2.43. The van der Waals surface area contributed by atoms with Crippen molar-refractivity contribution in [1.29, 1.82) is 0 Å². The molecule has 0 spiro atoms. The van der Waals surface area contributed by atoms with Crippen molar-refractivity contribution in [2.75, 3.05) is 27.3 Å². The molecule has 0 atom stereocenters. The second kappa shape index (κ2) is 12.8. The largest absolute Gasteiger partial charge is 0.489 e. The molecule has 1 fully saturated rings. The molecule has 2 N–H and O–H groups in total. The van der Waals surface area contributed by atoms with E-state index in [0.29, 0.717) is 12.0 Å². The summed E-state index contributed by atoms with van der Waals surface area (Å²) < 4.78 is 11.1. The third kappa shape index (κ3) is 7.47. The normalized spacial score (nSPS) is 14.9. The summed E-state index contributed by atoms with van der Waals surface area (Å²) in [6.07, 6.45) is 4.96. The van der Waals surface area contributed by atoms with Crippen LogP contribution in [0, 0.1) is 5.41 Å². The van der Waals surface area contributed by atoms with Crippen LogP contribution in [0.4, 0.5) is 0 Å². The van der Waals surface area contributed by atoms with Crippen LogP contribution >= 0.6 is 24.0 Å². The van der Waals surface area contributed by atoms with Gasteiger partial charge < -0.3 is 20.1 Å². The molecule has 0 unspecified atom stereocenters. The molecule has 0 radical (unpaired) electrons. The van der Waals surface area contributed by atoms with Crippen LogP contribution in [0.5, 0.6) is 5.75 Å². The maximum Gasteiger partial charge on any atom is 0.191 e. The Bertz CT molecular complexity index is 762. The Hall–Kier alpha value is -1.80. The van der Waals surface area contributed by atoms with Gasteiger partial charge in [-0.2, -0.15) is 0 Å². The number of hydrogen-bond acceptors (Lipinski definition) is 3. The number of nitrogens with zero attached hydrogens (tertiary/aromatic N) is 1. The van der Waals surface area contributed by atoms with Gasteiger partial charge in [0.2, 0.25) is 0 Å². The standard InChI is InChI=1S/C24H33N3O2.HI/c1-25-23(27-19-24(13-6-14-24)15-16-28-2)26-17-20-9-11-22(12-10-20)29-18-21-7-4-3-5-8-21;/h3-5,7-12H,6,13-19H2,1-2H3,(H2,25,26,27);1H. The predicted molar refractivity (Wildman–Crippen MR) is 134 cm³/mol. The molecule has 1 aliphatic rings. The lowest BCUT2D eigenvalue weighted by atomic mass is 9.67. The first-order valence-electron chi connectivity index (χ1n) is 10.4. The highest BCUT2D eigenvalue weighted by Gasteiger charge is 2.36. The molecule has 0 amide bonds. The molecule has 0 saturated heterocycles. The van der Waals surface area contributed by atoms with E-state index in [4.69, 9.17) is 9.47 Å². The van der Waals surface area contributed by atoms with Crippen LogP contribution in [-0.2, 0) is 17.9 Å². The Kier molecular flexibility index (Phi) is 10.4. The van der Waals surface area contributed by atoms with Crippen molar-refractivity contribution in [3.05, 3.63) is 65.7 Å². The first-order chi connectivity index (χ1) is 14.2. The second-order valence-corrected chi connectivity index (χ2v) is 7.79. The van der Waals surface area contributed by atoms with E-state index in [1.807, 2.05) is 37.4 Å². The molecule has 0 bridgehead atoms. The first kappa shape index (κ1) is 24.5. The van der Waals surface area contributed by atoms with Gasteiger partial charge in [0.1, 0.15) is 12.4 Å². The first-order valence-corrected chi connectivity index (χ1v) is 10.4. The average molecular weight is 523 g/mol. The number of benzene rings is 2. The smallest absolute Gasteiger partial charge is 0.191 e. The van der Waals surface area contributed by atoms with E-state index in [2.05, 4.69) is 39.9 Å². The van der Waals surface area contributed by atoms with Gasteiger partial charge in [0, 0.05) is 33.9 Å². The molecule has 164 valence electrons. The number of hydrogen-bond donors (Lipinski definition) is 2. The van der Waals surface area contributed by atoms with E-state index in [-0.39, 0.29) is 24.0 Å². The van der Waals surface area contributed by atoms with Crippen molar-refractivity contribution >= 4 is 29.9 Å². The van der Waals surface area contributed by atoms with Gasteiger partial charge >= 0.3 is 0 Å². The van der Waals surface area contributed by atoms with Crippen LogP contribution in [-0.4, -0.2) is 33.3 Å². The third-order valence-corrected chi connectivity index (χ3v) is 5.74. The third-order valence-electron chi connectivity index (χ3n) is 5.74. The van der Waals surface area contributed by atoms with Crippen molar-refractivity contribution in [2.45, 2.75) is 38.8 Å². The van der Waals surface area contributed by atoms with Gasteiger partial charge in [0.25, 0.3) is 0 Å². The average Bonchev–Trinajstić information content (AvgIpc) is 2.74. The van der Waals surface area contributed by atoms with Crippen LogP contribution in [0.2, 0.25) is 0 Å². The Balaban J connectivity index is 0.00000320. The minimum atomic E-state index is 0. The van der Waals surface area contributed by atoms with E-state index in [0.717, 1.165) is 37.8 Å². The van der Waals surface area contributed by atoms with Gasteiger partial charge in [0.15, 0.2) is 5.96 Å². The molecule has 3 rings (SSSR count). The van der Waals surface area contributed by atoms with Gasteiger partial charge in [-0.05, 0) is 47.9 Å². The number of rotatable bonds is 10. The zero-order chi connectivity index (χ0) is 20.4. The number of halogens is 1. The summed E-state index contributed by atoms with van der Waals surface area (Å²) in [5.74, 6) is 1.73. The van der Waals surface area contributed by atoms with Gasteiger partial charge in [-0.25, -0.2) is 0 Å². The molecule has 2 aromatic rings. The van der Waals surface area contributed by atoms with Crippen LogP contribution in [0.15, 0.2) is 59.6 Å². The lowest BCUT2D eigenvalue weighted by molar-refractivity contribution is 0.0732. The molecule has 0 heterocycles. The zero-order valence-corrected chi connectivity index (χ0v) is 20.4. The van der Waals surface area contributed by atoms with Crippen molar-refractivity contribution in [2.24, 2.45) is 10.4 Å². The second-order valence-electron chi connectivity index (χ2n) is 7.79. The predicted octanol–water partition coefficient (Wildman–Crippen LogP) is 4.76. The molecular weight excluding hydrogens is 489 g/mol. The Morgan fingerprint density at radius 2 is 1.73 bits per heavy atom. The molecule has 0 aliphatic heterocycles. The molecule has 1 saturated carbocycles. The van der Waals surface area contributed by atoms with E-state index < -0.39 is 0 Å². The molecule has 6 heteroatoms. The number of methoxy groups -OCH3 is 1. The highest BCUT2D eigenvalue weighted by molar-refractivity contribution is 14.0. The fraction of sp³-hybridized carbons (Fsp3) is 0.458. The monoisotopic (exact) mass is 523 g/mol. The summed E-state index contributed by atoms with van der Waals surface area (Å²) >= 11 is 0. The summed E-state index contributed by atoms with van der Waals surface area (Å²) in [7, 11) is 3.59. The number of aliphatic imine (C=N–C) groups is 1. The number of nitrogens with one attached hydrogen (secondary N) is 2. The number of guanidine groups is 1. The summed E-state index contributed by atoms with van der Waals surface area (Å²) in [6.45, 7) is 3.08. The molecule has 5 nitrogen and oxygen atoms in total. The molecule has 1 aliphatic carbocycles. The lowest BCUT2D eigenvalue weighted by Gasteiger charge is -2.42. The summed E-state index contributed by atoms with van der Waals surface area (Å²) in [5.41, 5.74) is 2.73. The van der Waals surface area contributed by atoms with E-state index in [9.17, 15) is 0 Å². The molecule has 30 heavy (non-hydrogen) atoms. The maximum atomic E-state index is 5.85. The van der Waals surface area contributed by atoms with Crippen molar-refractivity contribution in [3.8, 4) is 5.75 Å². The topological polar surface area (TPSA) is 54.9 Å². The fourth-order valence-corrected chi connectivity index (χ4v) is 3.63. The summed E-state index contributed by atoms with van der Waals surface area (Å²) in [5, 5.41) is 6.91. The molecule has 2 aromatic carbocycles. The summed E-state index contributed by atoms with van der Waals surface area (Å²) in [4.78, 5) is 4.36. The van der Waals surface area contributed by atoms with Crippen LogP contribution in [0.1, 0.15) is 36.8 Å². The Labute approximate surface area is 197 Å². The van der Waals surface area contributed by atoms with Crippen LogP contribution in [0.3, 0.4) is 0 Å². The van der Waals surface area contributed by atoms with Gasteiger partial charge in [-0.1, -0.05) is 48.9 Å². The van der Waals surface area contributed by atoms with Crippen molar-refractivity contribution in [3.63, 3.8) is 0 Å². The van der Waals surface area contributed by atoms with Crippen molar-refractivity contribution < 1.29 is 9.47 Å². The van der Waals surface area contributed by atoms with Gasteiger partial charge in [0.05, 0.1) is 0 Å². The van der Waals surface area contributed by atoms with Crippen LogP contribution in [0.25, 0.3) is 0 Å². The van der Waals surface area contributed by atoms with Crippen LogP contribution < -0.4 is 15.4 Å². The van der Waals surface area contributed by atoms with Crippen molar-refractivity contribution in [1.82, 2.24) is 10.6 Å². The molecule has 0 aromatic heterocycles. The lowest BCUT2D eigenvalue weighted by Crippen LogP contribution is -2.46. The van der Waals surface area contributed by atoms with E-state index >= 15 is 0 Å². The Morgan fingerprint density at radius 1 is 1.00 bits per heavy atom. The van der Waals surface area contributed by atoms with E-state index in [1.165, 1.54) is 30.4 Å². The maximum absolute atomic E-state index is 5.85. The fourth-order valence-electron chi connectivity index (χ4n) is 3.63. The molecular formula is C24H34IN3O2.